The van der Waals surface area contributed by atoms with E-state index in [1.165, 1.54) is 6.07 Å². The van der Waals surface area contributed by atoms with Crippen LogP contribution in [0.2, 0.25) is 0 Å². The van der Waals surface area contributed by atoms with Crippen LogP contribution in [0.1, 0.15) is 24.8 Å². The molecule has 2 aliphatic rings. The van der Waals surface area contributed by atoms with Gasteiger partial charge in [0, 0.05) is 24.4 Å². The molecule has 0 bridgehead atoms. The van der Waals surface area contributed by atoms with Gasteiger partial charge < -0.3 is 14.9 Å². The standard InChI is InChI=1S/C22H23FN2O3/c1-2-20(27)24-11-18-22(19(13-26)25(18)21(28)12-24)15-9-7-14(8-10-15)16-5-3-4-6-17(16)23/h3-10,18-19,22,26H,2,11-13H2,1H3/t18-,19+,22+/m0/s1. The molecule has 4 rings (SSSR count). The van der Waals surface area contributed by atoms with E-state index in [1.54, 1.807) is 34.9 Å². The smallest absolute Gasteiger partial charge is 0.242 e. The van der Waals surface area contributed by atoms with Crippen molar-refractivity contribution in [3.63, 3.8) is 0 Å². The van der Waals surface area contributed by atoms with E-state index in [0.29, 0.717) is 18.5 Å². The average molecular weight is 382 g/mol. The number of carbonyl (C=O) groups is 2. The minimum atomic E-state index is -0.282. The molecule has 2 fully saturated rings. The molecule has 0 saturated carbocycles. The predicted molar refractivity (Wildman–Crippen MR) is 103 cm³/mol. The van der Waals surface area contributed by atoms with Crippen LogP contribution in [0.3, 0.4) is 0 Å². The van der Waals surface area contributed by atoms with Crippen LogP contribution in [0.4, 0.5) is 4.39 Å². The quantitative estimate of drug-likeness (QED) is 0.883. The SMILES string of the molecule is CCC(=O)N1CC(=O)N2[C@H](CO)[C@H](c3ccc(-c4ccccc4F)cc3)[C@@H]2C1. The molecule has 146 valence electrons. The van der Waals surface area contributed by atoms with Crippen molar-refractivity contribution in [1.82, 2.24) is 9.80 Å². The molecule has 2 aromatic rings. The number of rotatable bonds is 4. The molecule has 28 heavy (non-hydrogen) atoms. The van der Waals surface area contributed by atoms with Crippen molar-refractivity contribution in [2.75, 3.05) is 19.7 Å². The van der Waals surface area contributed by atoms with Gasteiger partial charge in [-0.3, -0.25) is 9.59 Å². The van der Waals surface area contributed by atoms with Crippen LogP contribution in [0.15, 0.2) is 48.5 Å². The normalized spacial score (nSPS) is 24.0. The predicted octanol–water partition coefficient (Wildman–Crippen LogP) is 2.40. The Hall–Kier alpha value is -2.73. The van der Waals surface area contributed by atoms with Gasteiger partial charge in [-0.1, -0.05) is 49.4 Å². The van der Waals surface area contributed by atoms with Gasteiger partial charge in [0.2, 0.25) is 11.8 Å². The molecule has 3 atom stereocenters. The Morgan fingerprint density at radius 1 is 1.18 bits per heavy atom. The molecule has 0 spiro atoms. The lowest BCUT2D eigenvalue weighted by molar-refractivity contribution is -0.166. The maximum atomic E-state index is 14.0. The fraction of sp³-hybridized carbons (Fsp3) is 0.364. The molecule has 1 N–H and O–H groups in total. The summed E-state index contributed by atoms with van der Waals surface area (Å²) in [7, 11) is 0. The van der Waals surface area contributed by atoms with Crippen LogP contribution in [0, 0.1) is 5.82 Å². The Labute approximate surface area is 163 Å². The summed E-state index contributed by atoms with van der Waals surface area (Å²) in [6.45, 7) is 2.23. The zero-order chi connectivity index (χ0) is 19.8. The third-order valence-corrected chi connectivity index (χ3v) is 5.89. The summed E-state index contributed by atoms with van der Waals surface area (Å²) in [5.74, 6) is -0.466. The minimum Gasteiger partial charge on any atom is -0.394 e. The van der Waals surface area contributed by atoms with E-state index in [9.17, 15) is 19.1 Å². The number of halogens is 1. The molecule has 2 aromatic carbocycles. The lowest BCUT2D eigenvalue weighted by Gasteiger charge is -2.58. The molecule has 0 radical (unpaired) electrons. The number of piperazine rings is 1. The number of aliphatic hydroxyl groups is 1. The summed E-state index contributed by atoms with van der Waals surface area (Å²) in [5.41, 5.74) is 2.30. The van der Waals surface area contributed by atoms with Gasteiger partial charge in [0.15, 0.2) is 0 Å². The number of carbonyl (C=O) groups excluding carboxylic acids is 2. The van der Waals surface area contributed by atoms with Gasteiger partial charge in [-0.05, 0) is 17.2 Å². The largest absolute Gasteiger partial charge is 0.394 e. The summed E-state index contributed by atoms with van der Waals surface area (Å²) in [5, 5.41) is 9.84. The molecule has 6 heteroatoms. The van der Waals surface area contributed by atoms with E-state index < -0.39 is 0 Å². The van der Waals surface area contributed by atoms with Crippen molar-refractivity contribution in [2.45, 2.75) is 31.3 Å². The maximum Gasteiger partial charge on any atom is 0.242 e. The number of hydrogen-bond acceptors (Lipinski definition) is 3. The van der Waals surface area contributed by atoms with Gasteiger partial charge >= 0.3 is 0 Å². The Bertz CT molecular complexity index is 899. The zero-order valence-electron chi connectivity index (χ0n) is 15.7. The van der Waals surface area contributed by atoms with E-state index in [2.05, 4.69) is 0 Å². The Morgan fingerprint density at radius 2 is 1.89 bits per heavy atom. The van der Waals surface area contributed by atoms with Crippen LogP contribution in [-0.2, 0) is 9.59 Å². The molecule has 2 amide bonds. The van der Waals surface area contributed by atoms with Gasteiger partial charge in [-0.2, -0.15) is 0 Å². The van der Waals surface area contributed by atoms with Gasteiger partial charge in [-0.25, -0.2) is 4.39 Å². The van der Waals surface area contributed by atoms with Crippen molar-refractivity contribution >= 4 is 11.8 Å². The molecule has 0 unspecified atom stereocenters. The second kappa shape index (κ2) is 7.36. The van der Waals surface area contributed by atoms with Crippen LogP contribution >= 0.6 is 0 Å². The highest BCUT2D eigenvalue weighted by atomic mass is 19.1. The summed E-state index contributed by atoms with van der Waals surface area (Å²) < 4.78 is 14.0. The van der Waals surface area contributed by atoms with Crippen molar-refractivity contribution in [3.8, 4) is 11.1 Å². The van der Waals surface area contributed by atoms with Gasteiger partial charge in [0.1, 0.15) is 5.82 Å². The molecule has 0 aliphatic carbocycles. The third kappa shape index (κ3) is 2.98. The van der Waals surface area contributed by atoms with Crippen LogP contribution in [-0.4, -0.2) is 58.5 Å². The molecular formula is C22H23FN2O3. The molecule has 0 aromatic heterocycles. The fourth-order valence-electron chi connectivity index (χ4n) is 4.49. The lowest BCUT2D eigenvalue weighted by atomic mass is 9.73. The van der Waals surface area contributed by atoms with E-state index in [0.717, 1.165) is 11.1 Å². The van der Waals surface area contributed by atoms with Gasteiger partial charge in [0.25, 0.3) is 0 Å². The number of aliphatic hydroxyl groups excluding tert-OH is 1. The first-order valence-electron chi connectivity index (χ1n) is 9.59. The Morgan fingerprint density at radius 3 is 2.54 bits per heavy atom. The van der Waals surface area contributed by atoms with Gasteiger partial charge in [-0.15, -0.1) is 0 Å². The first-order chi connectivity index (χ1) is 13.5. The summed E-state index contributed by atoms with van der Waals surface area (Å²) in [6.07, 6.45) is 0.366. The lowest BCUT2D eigenvalue weighted by Crippen LogP contribution is -2.73. The van der Waals surface area contributed by atoms with Gasteiger partial charge in [0.05, 0.1) is 25.2 Å². The molecular weight excluding hydrogens is 359 g/mol. The molecule has 2 saturated heterocycles. The van der Waals surface area contributed by atoms with E-state index >= 15 is 0 Å². The highest BCUT2D eigenvalue weighted by Gasteiger charge is 2.54. The van der Waals surface area contributed by atoms with Crippen molar-refractivity contribution < 1.29 is 19.1 Å². The highest BCUT2D eigenvalue weighted by molar-refractivity contribution is 5.87. The fourth-order valence-corrected chi connectivity index (χ4v) is 4.49. The highest BCUT2D eigenvalue weighted by Crippen LogP contribution is 2.43. The Balaban J connectivity index is 1.60. The van der Waals surface area contributed by atoms with E-state index in [1.807, 2.05) is 24.3 Å². The summed E-state index contributed by atoms with van der Waals surface area (Å²) in [4.78, 5) is 27.9. The Kier molecular flexibility index (Phi) is 4.89. The number of hydrogen-bond donors (Lipinski definition) is 1. The van der Waals surface area contributed by atoms with E-state index in [4.69, 9.17) is 0 Å². The number of benzene rings is 2. The average Bonchev–Trinajstić information content (AvgIpc) is 2.70. The van der Waals surface area contributed by atoms with Crippen molar-refractivity contribution in [2.24, 2.45) is 0 Å². The number of fused-ring (bicyclic) bond motifs is 1. The first-order valence-corrected chi connectivity index (χ1v) is 9.59. The van der Waals surface area contributed by atoms with Crippen LogP contribution in [0.5, 0.6) is 0 Å². The minimum absolute atomic E-state index is 0.0332. The topological polar surface area (TPSA) is 60.9 Å². The first kappa shape index (κ1) is 18.6. The second-order valence-corrected chi connectivity index (χ2v) is 7.37. The van der Waals surface area contributed by atoms with E-state index in [-0.39, 0.29) is 48.8 Å². The zero-order valence-corrected chi connectivity index (χ0v) is 15.7. The molecule has 5 nitrogen and oxygen atoms in total. The molecule has 2 heterocycles. The van der Waals surface area contributed by atoms with Crippen LogP contribution < -0.4 is 0 Å². The van der Waals surface area contributed by atoms with Crippen LogP contribution in [0.25, 0.3) is 11.1 Å². The maximum absolute atomic E-state index is 14.0. The molecule has 2 aliphatic heterocycles. The van der Waals surface area contributed by atoms with Crippen molar-refractivity contribution in [3.05, 3.63) is 59.9 Å². The third-order valence-electron chi connectivity index (χ3n) is 5.89. The monoisotopic (exact) mass is 382 g/mol. The second-order valence-electron chi connectivity index (χ2n) is 7.37. The summed E-state index contributed by atoms with van der Waals surface area (Å²) in [6, 6.07) is 13.8. The van der Waals surface area contributed by atoms with Crippen molar-refractivity contribution in [1.29, 1.82) is 0 Å². The number of nitrogens with zero attached hydrogens (tertiary/aromatic N) is 2. The summed E-state index contributed by atoms with van der Waals surface area (Å²) >= 11 is 0. The number of amides is 2.